The van der Waals surface area contributed by atoms with Crippen molar-refractivity contribution in [2.75, 3.05) is 47.6 Å². The van der Waals surface area contributed by atoms with Crippen molar-refractivity contribution in [2.45, 2.75) is 46.0 Å². The number of hydrogen-bond acceptors (Lipinski definition) is 8. The molecule has 0 aliphatic heterocycles. The summed E-state index contributed by atoms with van der Waals surface area (Å²) in [6.07, 6.45) is 6.03. The van der Waals surface area contributed by atoms with Crippen LogP contribution >= 0.6 is 0 Å². The number of esters is 1. The minimum Gasteiger partial charge on any atom is -0.467 e. The highest BCUT2D eigenvalue weighted by molar-refractivity contribution is 5.94. The van der Waals surface area contributed by atoms with Crippen molar-refractivity contribution in [1.29, 1.82) is 0 Å². The molecule has 0 saturated carbocycles. The van der Waals surface area contributed by atoms with Crippen LogP contribution < -0.4 is 9.47 Å². The molecule has 1 aromatic rings. The van der Waals surface area contributed by atoms with Crippen LogP contribution in [0.15, 0.2) is 37.4 Å². The zero-order valence-electron chi connectivity index (χ0n) is 22.1. The summed E-state index contributed by atoms with van der Waals surface area (Å²) in [5, 5.41) is 1.20. The van der Waals surface area contributed by atoms with Gasteiger partial charge in [-0.2, -0.15) is 0 Å². The molecule has 0 heterocycles. The second kappa shape index (κ2) is 18.4. The summed E-state index contributed by atoms with van der Waals surface area (Å²) in [7, 11) is 3.01. The molecule has 0 saturated heterocycles. The smallest absolute Gasteiger partial charge is 0.342 e. The van der Waals surface area contributed by atoms with E-state index in [4.69, 9.17) is 28.5 Å². The van der Waals surface area contributed by atoms with Gasteiger partial charge in [-0.25, -0.2) is 9.86 Å². The minimum absolute atomic E-state index is 0.0426. The molecule has 0 bridgehead atoms. The van der Waals surface area contributed by atoms with Gasteiger partial charge < -0.3 is 23.7 Å². The Labute approximate surface area is 214 Å². The molecule has 0 aliphatic carbocycles. The normalized spacial score (nSPS) is 11.4. The maximum atomic E-state index is 13.2. The second-order valence-corrected chi connectivity index (χ2v) is 7.89. The molecule has 9 nitrogen and oxygen atoms in total. The Morgan fingerprint density at radius 1 is 1.03 bits per heavy atom. The summed E-state index contributed by atoms with van der Waals surface area (Å²) in [5.41, 5.74) is 0.916. The Balaban J connectivity index is 3.44. The molecule has 0 spiro atoms. The third-order valence-corrected chi connectivity index (χ3v) is 5.31. The fourth-order valence-corrected chi connectivity index (χ4v) is 3.34. The van der Waals surface area contributed by atoms with E-state index in [1.807, 2.05) is 13.8 Å². The molecule has 1 amide bonds. The summed E-state index contributed by atoms with van der Waals surface area (Å²) < 4.78 is 27.7. The fraction of sp³-hybridized carbons (Fsp3) is 0.556. The van der Waals surface area contributed by atoms with E-state index in [0.717, 1.165) is 0 Å². The first-order valence-corrected chi connectivity index (χ1v) is 12.2. The Morgan fingerprint density at radius 2 is 1.69 bits per heavy atom. The standard InChI is InChI=1S/C27H41NO8/c1-7-11-13-21(16-25(29)28(5)31-6)15-22-17-23(35-19-32-9-3)18-24(36-20-33-10-4)26(22)27(30)34-14-12-8-2/h7-8,17-18,21H,1-2,9-16,19-20H2,3-6H3. The van der Waals surface area contributed by atoms with Crippen molar-refractivity contribution < 1.29 is 38.1 Å². The molecule has 202 valence electrons. The molecule has 1 rings (SSSR count). The number of carbonyl (C=O) groups is 2. The molecule has 0 N–H and O–H groups in total. The number of rotatable bonds is 20. The number of hydroxylamine groups is 2. The van der Waals surface area contributed by atoms with Gasteiger partial charge in [0, 0.05) is 32.7 Å². The number of hydrogen-bond donors (Lipinski definition) is 0. The van der Waals surface area contributed by atoms with Crippen molar-refractivity contribution in [3.8, 4) is 11.5 Å². The van der Waals surface area contributed by atoms with Crippen LogP contribution in [0.5, 0.6) is 11.5 Å². The molecule has 1 unspecified atom stereocenters. The third kappa shape index (κ3) is 11.2. The van der Waals surface area contributed by atoms with Gasteiger partial charge in [0.2, 0.25) is 5.91 Å². The van der Waals surface area contributed by atoms with E-state index in [2.05, 4.69) is 13.2 Å². The number of carbonyl (C=O) groups excluding carboxylic acids is 2. The van der Waals surface area contributed by atoms with Gasteiger partial charge in [0.1, 0.15) is 17.1 Å². The molecule has 36 heavy (non-hydrogen) atoms. The predicted octanol–water partition coefficient (Wildman–Crippen LogP) is 4.70. The van der Waals surface area contributed by atoms with Crippen molar-refractivity contribution in [2.24, 2.45) is 5.92 Å². The number of benzene rings is 1. The van der Waals surface area contributed by atoms with Gasteiger partial charge in [-0.1, -0.05) is 12.2 Å². The monoisotopic (exact) mass is 507 g/mol. The maximum absolute atomic E-state index is 13.2. The van der Waals surface area contributed by atoms with Gasteiger partial charge in [0.15, 0.2) is 13.6 Å². The van der Waals surface area contributed by atoms with Crippen molar-refractivity contribution >= 4 is 11.9 Å². The molecule has 9 heteroatoms. The average molecular weight is 508 g/mol. The van der Waals surface area contributed by atoms with Crippen molar-refractivity contribution in [1.82, 2.24) is 5.06 Å². The van der Waals surface area contributed by atoms with E-state index in [1.165, 1.54) is 12.2 Å². The lowest BCUT2D eigenvalue weighted by molar-refractivity contribution is -0.169. The minimum atomic E-state index is -0.530. The van der Waals surface area contributed by atoms with E-state index in [9.17, 15) is 9.59 Å². The maximum Gasteiger partial charge on any atom is 0.342 e. The van der Waals surface area contributed by atoms with Gasteiger partial charge in [-0.15, -0.1) is 13.2 Å². The van der Waals surface area contributed by atoms with Crippen LogP contribution in [0, 0.1) is 5.92 Å². The van der Waals surface area contributed by atoms with E-state index in [0.29, 0.717) is 50.2 Å². The quantitative estimate of drug-likeness (QED) is 0.0824. The van der Waals surface area contributed by atoms with Crippen LogP contribution in [-0.4, -0.2) is 64.5 Å². The van der Waals surface area contributed by atoms with Crippen LogP contribution in [0.25, 0.3) is 0 Å². The number of ether oxygens (including phenoxy) is 5. The molecular formula is C27H41NO8. The van der Waals surface area contributed by atoms with Crippen molar-refractivity contribution in [3.05, 3.63) is 48.6 Å². The predicted molar refractivity (Wildman–Crippen MR) is 137 cm³/mol. The highest BCUT2D eigenvalue weighted by atomic mass is 16.7. The van der Waals surface area contributed by atoms with Crippen LogP contribution in [0.4, 0.5) is 0 Å². The topological polar surface area (TPSA) is 92.8 Å². The average Bonchev–Trinajstić information content (AvgIpc) is 2.87. The summed E-state index contributed by atoms with van der Waals surface area (Å²) in [6.45, 7) is 12.3. The largest absolute Gasteiger partial charge is 0.467 e. The van der Waals surface area contributed by atoms with E-state index >= 15 is 0 Å². The van der Waals surface area contributed by atoms with E-state index < -0.39 is 5.97 Å². The lowest BCUT2D eigenvalue weighted by atomic mass is 9.89. The van der Waals surface area contributed by atoms with Gasteiger partial charge in [0.25, 0.3) is 0 Å². The Morgan fingerprint density at radius 3 is 2.31 bits per heavy atom. The summed E-state index contributed by atoms with van der Waals surface area (Å²) in [6, 6.07) is 3.39. The zero-order chi connectivity index (χ0) is 26.8. The summed E-state index contributed by atoms with van der Waals surface area (Å²) in [5.74, 6) is -0.0558. The molecule has 1 aromatic carbocycles. The van der Waals surface area contributed by atoms with Gasteiger partial charge in [0.05, 0.1) is 13.7 Å². The third-order valence-electron chi connectivity index (χ3n) is 5.31. The summed E-state index contributed by atoms with van der Waals surface area (Å²) >= 11 is 0. The van der Waals surface area contributed by atoms with Crippen LogP contribution in [-0.2, 0) is 30.3 Å². The van der Waals surface area contributed by atoms with Crippen LogP contribution in [0.1, 0.15) is 55.5 Å². The lowest BCUT2D eigenvalue weighted by Crippen LogP contribution is -2.28. The number of nitrogens with zero attached hydrogens (tertiary/aromatic N) is 1. The molecule has 0 radical (unpaired) electrons. The summed E-state index contributed by atoms with van der Waals surface area (Å²) in [4.78, 5) is 30.8. The molecule has 0 aliphatic rings. The molecular weight excluding hydrogens is 466 g/mol. The van der Waals surface area contributed by atoms with Crippen LogP contribution in [0.3, 0.4) is 0 Å². The SMILES string of the molecule is C=CCCOC(=O)c1c(CC(CCC=C)CC(=O)N(C)OC)cc(OCOCC)cc1OCOCC. The second-order valence-electron chi connectivity index (χ2n) is 7.89. The Hall–Kier alpha value is -2.88. The van der Waals surface area contributed by atoms with Gasteiger partial charge in [-0.3, -0.25) is 9.63 Å². The highest BCUT2D eigenvalue weighted by Gasteiger charge is 2.25. The molecule has 0 fully saturated rings. The van der Waals surface area contributed by atoms with E-state index in [-0.39, 0.29) is 49.8 Å². The van der Waals surface area contributed by atoms with Gasteiger partial charge >= 0.3 is 5.97 Å². The Bertz CT molecular complexity index is 826. The highest BCUT2D eigenvalue weighted by Crippen LogP contribution is 2.33. The molecule has 0 aromatic heterocycles. The first-order valence-electron chi connectivity index (χ1n) is 12.2. The number of amides is 1. The fourth-order valence-electron chi connectivity index (χ4n) is 3.34. The zero-order valence-corrected chi connectivity index (χ0v) is 22.1. The first-order chi connectivity index (χ1) is 17.4. The number of allylic oxidation sites excluding steroid dienone is 1. The van der Waals surface area contributed by atoms with Gasteiger partial charge in [-0.05, 0) is 57.1 Å². The van der Waals surface area contributed by atoms with E-state index in [1.54, 1.807) is 31.3 Å². The lowest BCUT2D eigenvalue weighted by Gasteiger charge is -2.22. The van der Waals surface area contributed by atoms with Crippen LogP contribution in [0.2, 0.25) is 0 Å². The van der Waals surface area contributed by atoms with Crippen molar-refractivity contribution in [3.63, 3.8) is 0 Å². The first kappa shape index (κ1) is 31.2. The Kier molecular flexibility index (Phi) is 15.9. The molecule has 1 atom stereocenters.